The summed E-state index contributed by atoms with van der Waals surface area (Å²) < 4.78 is 0. The fraction of sp³-hybridized carbons (Fsp3) is 0.786. The summed E-state index contributed by atoms with van der Waals surface area (Å²) in [4.78, 5) is 31.7. The minimum Gasteiger partial charge on any atom is -0.303 e. The van der Waals surface area contributed by atoms with E-state index in [1.54, 1.807) is 0 Å². The first-order valence-electron chi connectivity index (χ1n) is 6.64. The SMILES string of the molecule is CCCCCCC(C=O)CCCC(C=O)C=O. The summed E-state index contributed by atoms with van der Waals surface area (Å²) in [6, 6.07) is 0. The topological polar surface area (TPSA) is 51.2 Å². The van der Waals surface area contributed by atoms with Crippen LogP contribution in [-0.4, -0.2) is 18.9 Å². The molecule has 0 heterocycles. The van der Waals surface area contributed by atoms with Crippen molar-refractivity contribution in [3.63, 3.8) is 0 Å². The molecule has 0 saturated heterocycles. The Kier molecular flexibility index (Phi) is 10.8. The third-order valence-corrected chi connectivity index (χ3v) is 3.08. The molecule has 0 fully saturated rings. The maximum absolute atomic E-state index is 10.8. The lowest BCUT2D eigenvalue weighted by atomic mass is 9.94. The molecule has 17 heavy (non-hydrogen) atoms. The zero-order chi connectivity index (χ0) is 12.9. The van der Waals surface area contributed by atoms with Gasteiger partial charge < -0.3 is 14.4 Å². The quantitative estimate of drug-likeness (QED) is 0.299. The van der Waals surface area contributed by atoms with Crippen molar-refractivity contribution in [1.82, 2.24) is 0 Å². The Labute approximate surface area is 104 Å². The molecule has 0 rings (SSSR count). The fourth-order valence-electron chi connectivity index (χ4n) is 1.90. The van der Waals surface area contributed by atoms with Crippen LogP contribution >= 0.6 is 0 Å². The van der Waals surface area contributed by atoms with Gasteiger partial charge in [-0.2, -0.15) is 0 Å². The first-order valence-corrected chi connectivity index (χ1v) is 6.64. The maximum Gasteiger partial charge on any atom is 0.130 e. The van der Waals surface area contributed by atoms with E-state index in [2.05, 4.69) is 6.92 Å². The smallest absolute Gasteiger partial charge is 0.130 e. The number of hydrogen-bond donors (Lipinski definition) is 0. The zero-order valence-electron chi connectivity index (χ0n) is 10.8. The number of unbranched alkanes of at least 4 members (excludes halogenated alkanes) is 3. The van der Waals surface area contributed by atoms with Crippen LogP contribution < -0.4 is 0 Å². The largest absolute Gasteiger partial charge is 0.303 e. The van der Waals surface area contributed by atoms with Gasteiger partial charge >= 0.3 is 0 Å². The van der Waals surface area contributed by atoms with Crippen molar-refractivity contribution < 1.29 is 14.4 Å². The molecule has 0 aliphatic carbocycles. The molecule has 0 aromatic rings. The van der Waals surface area contributed by atoms with Gasteiger partial charge in [0.15, 0.2) is 0 Å². The number of carbonyl (C=O) groups excluding carboxylic acids is 3. The average Bonchev–Trinajstić information content (AvgIpc) is 2.37. The highest BCUT2D eigenvalue weighted by atomic mass is 16.1. The Bertz CT molecular complexity index is 206. The highest BCUT2D eigenvalue weighted by molar-refractivity contribution is 5.77. The molecule has 0 amide bonds. The predicted octanol–water partition coefficient (Wildman–Crippen LogP) is 2.96. The lowest BCUT2D eigenvalue weighted by molar-refractivity contribution is -0.119. The van der Waals surface area contributed by atoms with E-state index >= 15 is 0 Å². The highest BCUT2D eigenvalue weighted by Gasteiger charge is 2.10. The van der Waals surface area contributed by atoms with Gasteiger partial charge in [0.05, 0.1) is 5.92 Å². The fourth-order valence-corrected chi connectivity index (χ4v) is 1.90. The zero-order valence-corrected chi connectivity index (χ0v) is 10.8. The van der Waals surface area contributed by atoms with Crippen LogP contribution in [0.1, 0.15) is 58.3 Å². The van der Waals surface area contributed by atoms with E-state index < -0.39 is 5.92 Å². The molecule has 3 nitrogen and oxygen atoms in total. The first kappa shape index (κ1) is 16.0. The van der Waals surface area contributed by atoms with Crippen LogP contribution in [-0.2, 0) is 14.4 Å². The van der Waals surface area contributed by atoms with Crippen molar-refractivity contribution >= 4 is 18.9 Å². The molecule has 0 aliphatic rings. The second-order valence-electron chi connectivity index (χ2n) is 4.61. The van der Waals surface area contributed by atoms with Gasteiger partial charge in [0.2, 0.25) is 0 Å². The predicted molar refractivity (Wildman–Crippen MR) is 67.8 cm³/mol. The van der Waals surface area contributed by atoms with Crippen molar-refractivity contribution in [2.45, 2.75) is 58.3 Å². The molecule has 0 bridgehead atoms. The molecule has 0 spiro atoms. The van der Waals surface area contributed by atoms with E-state index in [4.69, 9.17) is 0 Å². The Balaban J connectivity index is 3.63. The molecular weight excluding hydrogens is 216 g/mol. The Hall–Kier alpha value is -0.990. The third kappa shape index (κ3) is 8.78. The molecule has 0 aliphatic heterocycles. The Morgan fingerprint density at radius 3 is 1.94 bits per heavy atom. The van der Waals surface area contributed by atoms with Crippen molar-refractivity contribution in [3.8, 4) is 0 Å². The van der Waals surface area contributed by atoms with Crippen LogP contribution in [0.2, 0.25) is 0 Å². The molecule has 0 aromatic heterocycles. The lowest BCUT2D eigenvalue weighted by Gasteiger charge is -2.10. The molecule has 0 saturated carbocycles. The van der Waals surface area contributed by atoms with E-state index in [1.165, 1.54) is 19.3 Å². The first-order chi connectivity index (χ1) is 8.28. The van der Waals surface area contributed by atoms with Crippen molar-refractivity contribution in [2.24, 2.45) is 11.8 Å². The minimum absolute atomic E-state index is 0.103. The molecule has 3 heteroatoms. The van der Waals surface area contributed by atoms with E-state index in [1.807, 2.05) is 0 Å². The van der Waals surface area contributed by atoms with Gasteiger partial charge in [0.25, 0.3) is 0 Å². The summed E-state index contributed by atoms with van der Waals surface area (Å²) >= 11 is 0. The number of rotatable bonds is 12. The van der Waals surface area contributed by atoms with Crippen LogP contribution in [0.5, 0.6) is 0 Å². The van der Waals surface area contributed by atoms with Crippen LogP contribution in [0.25, 0.3) is 0 Å². The van der Waals surface area contributed by atoms with E-state index in [0.29, 0.717) is 19.0 Å². The van der Waals surface area contributed by atoms with E-state index in [-0.39, 0.29) is 5.92 Å². The highest BCUT2D eigenvalue weighted by Crippen LogP contribution is 2.16. The molecule has 98 valence electrons. The normalized spacial score (nSPS) is 12.4. The Morgan fingerprint density at radius 2 is 1.41 bits per heavy atom. The lowest BCUT2D eigenvalue weighted by Crippen LogP contribution is -2.06. The monoisotopic (exact) mass is 240 g/mol. The van der Waals surface area contributed by atoms with Crippen molar-refractivity contribution in [1.29, 1.82) is 0 Å². The van der Waals surface area contributed by atoms with Gasteiger partial charge in [-0.25, -0.2) is 0 Å². The van der Waals surface area contributed by atoms with Crippen molar-refractivity contribution in [3.05, 3.63) is 0 Å². The van der Waals surface area contributed by atoms with Crippen LogP contribution in [0, 0.1) is 11.8 Å². The molecule has 1 atom stereocenters. The van der Waals surface area contributed by atoms with Gasteiger partial charge in [-0.15, -0.1) is 0 Å². The third-order valence-electron chi connectivity index (χ3n) is 3.08. The molecule has 0 N–H and O–H groups in total. The summed E-state index contributed by atoms with van der Waals surface area (Å²) in [5, 5.41) is 0. The molecule has 0 aromatic carbocycles. The van der Waals surface area contributed by atoms with Gasteiger partial charge in [-0.3, -0.25) is 0 Å². The van der Waals surface area contributed by atoms with Crippen LogP contribution in [0.4, 0.5) is 0 Å². The average molecular weight is 240 g/mol. The number of carbonyl (C=O) groups is 3. The van der Waals surface area contributed by atoms with E-state index in [0.717, 1.165) is 32.0 Å². The van der Waals surface area contributed by atoms with E-state index in [9.17, 15) is 14.4 Å². The number of aldehydes is 3. The van der Waals surface area contributed by atoms with Crippen molar-refractivity contribution in [2.75, 3.05) is 0 Å². The minimum atomic E-state index is -0.484. The van der Waals surface area contributed by atoms with Gasteiger partial charge in [-0.05, 0) is 19.3 Å². The van der Waals surface area contributed by atoms with Gasteiger partial charge in [0.1, 0.15) is 18.9 Å². The molecular formula is C14H24O3. The summed E-state index contributed by atoms with van der Waals surface area (Å²) in [5.41, 5.74) is 0. The summed E-state index contributed by atoms with van der Waals surface area (Å²) in [6.45, 7) is 2.16. The van der Waals surface area contributed by atoms with Crippen LogP contribution in [0.3, 0.4) is 0 Å². The molecule has 0 radical (unpaired) electrons. The standard InChI is InChI=1S/C14H24O3/c1-2-3-4-5-7-13(10-15)8-6-9-14(11-16)12-17/h10-14H,2-9H2,1H3. The van der Waals surface area contributed by atoms with Gasteiger partial charge in [0, 0.05) is 5.92 Å². The van der Waals surface area contributed by atoms with Crippen LogP contribution in [0.15, 0.2) is 0 Å². The number of hydrogen-bond acceptors (Lipinski definition) is 3. The maximum atomic E-state index is 10.8. The summed E-state index contributed by atoms with van der Waals surface area (Å²) in [5.74, 6) is -0.381. The van der Waals surface area contributed by atoms with Gasteiger partial charge in [-0.1, -0.05) is 39.0 Å². The summed E-state index contributed by atoms with van der Waals surface area (Å²) in [6.07, 6.45) is 10.2. The second-order valence-corrected chi connectivity index (χ2v) is 4.61. The molecule has 1 unspecified atom stereocenters. The Morgan fingerprint density at radius 1 is 0.765 bits per heavy atom. The summed E-state index contributed by atoms with van der Waals surface area (Å²) in [7, 11) is 0. The second kappa shape index (κ2) is 11.5.